The van der Waals surface area contributed by atoms with Crippen molar-refractivity contribution in [3.63, 3.8) is 0 Å². The van der Waals surface area contributed by atoms with Gasteiger partial charge in [0.1, 0.15) is 0 Å². The molecule has 0 aliphatic carbocycles. The monoisotopic (exact) mass is 436 g/mol. The molecule has 2 fully saturated rings. The number of anilines is 1. The Morgan fingerprint density at radius 1 is 1.10 bits per heavy atom. The van der Waals surface area contributed by atoms with E-state index in [0.717, 1.165) is 45.2 Å². The Hall–Kier alpha value is -1.97. The van der Waals surface area contributed by atoms with Crippen molar-refractivity contribution in [2.75, 3.05) is 38.0 Å². The Labute approximate surface area is 178 Å². The minimum atomic E-state index is -3.50. The number of amides is 2. The maximum atomic E-state index is 12.7. The molecule has 1 aromatic carbocycles. The van der Waals surface area contributed by atoms with Crippen LogP contribution in [0.2, 0.25) is 0 Å². The lowest BCUT2D eigenvalue weighted by atomic mass is 9.93. The fraction of sp³-hybridized carbons (Fsp3) is 0.619. The summed E-state index contributed by atoms with van der Waals surface area (Å²) in [5.74, 6) is 0.0484. The van der Waals surface area contributed by atoms with Crippen molar-refractivity contribution < 1.29 is 18.0 Å². The summed E-state index contributed by atoms with van der Waals surface area (Å²) in [5, 5.41) is 2.83. The number of sulfonamides is 1. The van der Waals surface area contributed by atoms with E-state index in [4.69, 9.17) is 5.73 Å². The van der Waals surface area contributed by atoms with Crippen LogP contribution in [-0.2, 0) is 19.6 Å². The summed E-state index contributed by atoms with van der Waals surface area (Å²) in [5.41, 5.74) is 5.74. The molecule has 0 saturated carbocycles. The first-order valence-corrected chi connectivity index (χ1v) is 12.2. The van der Waals surface area contributed by atoms with Crippen LogP contribution in [0.4, 0.5) is 5.69 Å². The summed E-state index contributed by atoms with van der Waals surface area (Å²) in [4.78, 5) is 25.9. The fourth-order valence-corrected chi connectivity index (χ4v) is 5.79. The third kappa shape index (κ3) is 6.26. The van der Waals surface area contributed by atoms with Gasteiger partial charge in [0.25, 0.3) is 0 Å². The first-order chi connectivity index (χ1) is 14.3. The molecule has 9 heteroatoms. The minimum absolute atomic E-state index is 0.134. The van der Waals surface area contributed by atoms with Crippen LogP contribution in [0.5, 0.6) is 0 Å². The van der Waals surface area contributed by atoms with E-state index in [2.05, 4.69) is 10.2 Å². The van der Waals surface area contributed by atoms with E-state index >= 15 is 0 Å². The molecule has 166 valence electrons. The van der Waals surface area contributed by atoms with Gasteiger partial charge in [-0.15, -0.1) is 0 Å². The number of benzene rings is 1. The van der Waals surface area contributed by atoms with Crippen LogP contribution >= 0.6 is 0 Å². The second-order valence-electron chi connectivity index (χ2n) is 8.25. The molecule has 0 spiro atoms. The van der Waals surface area contributed by atoms with Crippen LogP contribution in [-0.4, -0.2) is 62.2 Å². The zero-order valence-electron chi connectivity index (χ0n) is 17.4. The summed E-state index contributed by atoms with van der Waals surface area (Å²) < 4.78 is 26.9. The number of nitrogens with two attached hydrogens (primary N) is 1. The lowest BCUT2D eigenvalue weighted by molar-refractivity contribution is -0.118. The molecule has 2 saturated heterocycles. The third-order valence-corrected chi connectivity index (χ3v) is 7.77. The van der Waals surface area contributed by atoms with E-state index < -0.39 is 10.0 Å². The van der Waals surface area contributed by atoms with Crippen molar-refractivity contribution in [1.82, 2.24) is 9.21 Å². The maximum Gasteiger partial charge on any atom is 0.243 e. The average Bonchev–Trinajstić information content (AvgIpc) is 3.27. The van der Waals surface area contributed by atoms with Gasteiger partial charge in [-0.1, -0.05) is 6.07 Å². The molecule has 2 aliphatic rings. The van der Waals surface area contributed by atoms with Crippen molar-refractivity contribution in [3.05, 3.63) is 24.3 Å². The number of carbonyl (C=O) groups excluding carboxylic acids is 2. The number of likely N-dealkylation sites (tertiary alicyclic amines) is 1. The SMILES string of the molecule is NC(=O)CCC1CCCN(CCC(=O)Nc2cccc(S(=O)(=O)N3CCCC3)c2)C1. The lowest BCUT2D eigenvalue weighted by Gasteiger charge is -2.32. The highest BCUT2D eigenvalue weighted by molar-refractivity contribution is 7.89. The molecule has 0 aromatic heterocycles. The number of rotatable bonds is 9. The smallest absolute Gasteiger partial charge is 0.243 e. The molecule has 30 heavy (non-hydrogen) atoms. The molecule has 1 aromatic rings. The lowest BCUT2D eigenvalue weighted by Crippen LogP contribution is -2.37. The van der Waals surface area contributed by atoms with Gasteiger partial charge in [0.05, 0.1) is 4.90 Å². The van der Waals surface area contributed by atoms with E-state index in [1.165, 1.54) is 10.4 Å². The quantitative estimate of drug-likeness (QED) is 0.613. The van der Waals surface area contributed by atoms with Crippen molar-refractivity contribution in [1.29, 1.82) is 0 Å². The maximum absolute atomic E-state index is 12.7. The van der Waals surface area contributed by atoms with Crippen LogP contribution < -0.4 is 11.1 Å². The predicted molar refractivity (Wildman–Crippen MR) is 115 cm³/mol. The van der Waals surface area contributed by atoms with Crippen LogP contribution in [0, 0.1) is 5.92 Å². The molecule has 1 unspecified atom stereocenters. The average molecular weight is 437 g/mol. The summed E-state index contributed by atoms with van der Waals surface area (Å²) >= 11 is 0. The van der Waals surface area contributed by atoms with Gasteiger partial charge in [-0.2, -0.15) is 4.31 Å². The Balaban J connectivity index is 1.50. The van der Waals surface area contributed by atoms with Crippen LogP contribution in [0.1, 0.15) is 44.9 Å². The van der Waals surface area contributed by atoms with Crippen LogP contribution in [0.3, 0.4) is 0 Å². The zero-order chi connectivity index (χ0) is 21.6. The Kier molecular flexibility index (Phi) is 7.85. The fourth-order valence-electron chi connectivity index (χ4n) is 4.23. The van der Waals surface area contributed by atoms with E-state index in [1.54, 1.807) is 18.2 Å². The Morgan fingerprint density at radius 3 is 2.60 bits per heavy atom. The van der Waals surface area contributed by atoms with Crippen LogP contribution in [0.25, 0.3) is 0 Å². The summed E-state index contributed by atoms with van der Waals surface area (Å²) in [6, 6.07) is 6.48. The first kappa shape index (κ1) is 22.7. The van der Waals surface area contributed by atoms with Gasteiger partial charge >= 0.3 is 0 Å². The van der Waals surface area contributed by atoms with E-state index in [0.29, 0.717) is 44.1 Å². The van der Waals surface area contributed by atoms with E-state index in [1.807, 2.05) is 0 Å². The molecular weight excluding hydrogens is 404 g/mol. The zero-order valence-corrected chi connectivity index (χ0v) is 18.2. The highest BCUT2D eigenvalue weighted by Gasteiger charge is 2.27. The normalized spacial score (nSPS) is 20.9. The molecule has 2 amide bonds. The highest BCUT2D eigenvalue weighted by Crippen LogP contribution is 2.24. The van der Waals surface area contributed by atoms with E-state index in [9.17, 15) is 18.0 Å². The molecule has 2 aliphatic heterocycles. The molecule has 2 heterocycles. The molecular formula is C21H32N4O4S. The van der Waals surface area contributed by atoms with E-state index in [-0.39, 0.29) is 16.7 Å². The van der Waals surface area contributed by atoms with Crippen molar-refractivity contribution >= 4 is 27.5 Å². The van der Waals surface area contributed by atoms with Gasteiger partial charge in [-0.3, -0.25) is 9.59 Å². The largest absolute Gasteiger partial charge is 0.370 e. The molecule has 3 N–H and O–H groups in total. The Bertz CT molecular complexity index is 852. The number of nitrogens with one attached hydrogen (secondary N) is 1. The second kappa shape index (κ2) is 10.4. The number of hydrogen-bond acceptors (Lipinski definition) is 5. The summed E-state index contributed by atoms with van der Waals surface area (Å²) in [7, 11) is -3.50. The number of nitrogens with zero attached hydrogens (tertiary/aromatic N) is 2. The molecule has 1 atom stereocenters. The van der Waals surface area contributed by atoms with Gasteiger partial charge in [-0.05, 0) is 62.8 Å². The molecule has 8 nitrogen and oxygen atoms in total. The van der Waals surface area contributed by atoms with Crippen molar-refractivity contribution in [2.24, 2.45) is 11.7 Å². The topological polar surface area (TPSA) is 113 Å². The van der Waals surface area contributed by atoms with Gasteiger partial charge in [0, 0.05) is 44.7 Å². The summed E-state index contributed by atoms with van der Waals surface area (Å²) in [6.07, 6.45) is 5.47. The number of carbonyl (C=O) groups is 2. The van der Waals surface area contributed by atoms with Crippen LogP contribution in [0.15, 0.2) is 29.2 Å². The second-order valence-corrected chi connectivity index (χ2v) is 10.2. The van der Waals surface area contributed by atoms with Crippen molar-refractivity contribution in [2.45, 2.75) is 49.8 Å². The number of primary amides is 1. The number of hydrogen-bond donors (Lipinski definition) is 2. The third-order valence-electron chi connectivity index (χ3n) is 5.88. The first-order valence-electron chi connectivity index (χ1n) is 10.8. The summed E-state index contributed by atoms with van der Waals surface area (Å²) in [6.45, 7) is 3.57. The Morgan fingerprint density at radius 2 is 1.87 bits per heavy atom. The highest BCUT2D eigenvalue weighted by atomic mass is 32.2. The minimum Gasteiger partial charge on any atom is -0.370 e. The predicted octanol–water partition coefficient (Wildman–Crippen LogP) is 1.78. The standard InChI is InChI=1S/C21H32N4O4S/c22-20(26)9-8-17-5-4-11-24(16-17)14-10-21(27)23-18-6-3-7-19(15-18)30(28,29)25-12-1-2-13-25/h3,6-7,15,17H,1-2,4-5,8-14,16H2,(H2,22,26)(H,23,27). The molecule has 3 rings (SSSR count). The van der Waals surface area contributed by atoms with Gasteiger partial charge in [0.15, 0.2) is 0 Å². The number of piperidine rings is 1. The molecule has 0 bridgehead atoms. The van der Waals surface area contributed by atoms with Crippen molar-refractivity contribution in [3.8, 4) is 0 Å². The van der Waals surface area contributed by atoms with Gasteiger partial charge < -0.3 is 16.0 Å². The van der Waals surface area contributed by atoms with Gasteiger partial charge in [0.2, 0.25) is 21.8 Å². The van der Waals surface area contributed by atoms with Gasteiger partial charge in [-0.25, -0.2) is 8.42 Å². The molecule has 0 radical (unpaired) electrons.